The number of hydrogen-bond donors (Lipinski definition) is 1. The molecule has 1 saturated heterocycles. The summed E-state index contributed by atoms with van der Waals surface area (Å²) in [6.45, 7) is 2.56. The topological polar surface area (TPSA) is 79.4 Å². The maximum Gasteiger partial charge on any atom is 0.251 e. The molecule has 1 aliphatic heterocycles. The predicted molar refractivity (Wildman–Crippen MR) is 83.5 cm³/mol. The molecule has 2 rings (SSSR count). The molecule has 0 spiro atoms. The molecule has 0 saturated carbocycles. The molecule has 116 valence electrons. The van der Waals surface area contributed by atoms with Gasteiger partial charge in [0.15, 0.2) is 0 Å². The number of piperidine rings is 1. The van der Waals surface area contributed by atoms with Gasteiger partial charge in [-0.05, 0) is 47.8 Å². The molecular formula is C13H18BrN3O3S. The zero-order chi connectivity index (χ0) is 15.5. The molecule has 1 aromatic rings. The molecule has 0 aliphatic carbocycles. The molecule has 8 heteroatoms. The molecule has 0 aromatic carbocycles. The summed E-state index contributed by atoms with van der Waals surface area (Å²) in [5.74, 6) is -0.0374. The Labute approximate surface area is 133 Å². The van der Waals surface area contributed by atoms with Crippen LogP contribution in [0.15, 0.2) is 22.9 Å². The van der Waals surface area contributed by atoms with Gasteiger partial charge in [-0.15, -0.1) is 0 Å². The molecule has 6 nitrogen and oxygen atoms in total. The van der Waals surface area contributed by atoms with Crippen LogP contribution in [0.5, 0.6) is 0 Å². The van der Waals surface area contributed by atoms with E-state index in [0.29, 0.717) is 36.1 Å². The van der Waals surface area contributed by atoms with Gasteiger partial charge in [0.2, 0.25) is 10.0 Å². The first-order valence-electron chi connectivity index (χ1n) is 6.82. The minimum atomic E-state index is -3.12. The fourth-order valence-corrected chi connectivity index (χ4v) is 3.77. The fourth-order valence-electron chi connectivity index (χ4n) is 2.27. The Morgan fingerprint density at radius 2 is 2.14 bits per heavy atom. The van der Waals surface area contributed by atoms with Crippen molar-refractivity contribution in [2.75, 3.05) is 18.8 Å². The molecule has 1 N–H and O–H groups in total. The van der Waals surface area contributed by atoms with Crippen LogP contribution < -0.4 is 5.32 Å². The van der Waals surface area contributed by atoms with Crippen LogP contribution >= 0.6 is 15.9 Å². The van der Waals surface area contributed by atoms with Gasteiger partial charge >= 0.3 is 0 Å². The number of nitrogens with one attached hydrogen (secondary N) is 1. The summed E-state index contributed by atoms with van der Waals surface area (Å²) in [5.41, 5.74) is 0.542. The Kier molecular flexibility index (Phi) is 5.34. The lowest BCUT2D eigenvalue weighted by Gasteiger charge is -2.31. The van der Waals surface area contributed by atoms with E-state index in [9.17, 15) is 13.2 Å². The van der Waals surface area contributed by atoms with E-state index in [-0.39, 0.29) is 17.7 Å². The third kappa shape index (κ3) is 4.24. The van der Waals surface area contributed by atoms with Gasteiger partial charge in [0, 0.05) is 30.9 Å². The fraction of sp³-hybridized carbons (Fsp3) is 0.538. The van der Waals surface area contributed by atoms with Gasteiger partial charge in [0.25, 0.3) is 5.91 Å². The summed E-state index contributed by atoms with van der Waals surface area (Å²) in [5, 5.41) is 2.94. The van der Waals surface area contributed by atoms with Crippen LogP contribution in [-0.2, 0) is 10.0 Å². The average molecular weight is 376 g/mol. The summed E-state index contributed by atoms with van der Waals surface area (Å²) in [4.78, 5) is 16.1. The van der Waals surface area contributed by atoms with E-state index in [2.05, 4.69) is 26.2 Å². The van der Waals surface area contributed by atoms with Crippen LogP contribution in [0, 0.1) is 0 Å². The molecule has 0 bridgehead atoms. The number of rotatable bonds is 4. The third-order valence-corrected chi connectivity index (χ3v) is 5.85. The molecule has 2 heterocycles. The normalized spacial score (nSPS) is 17.6. The van der Waals surface area contributed by atoms with Gasteiger partial charge in [-0.1, -0.05) is 0 Å². The number of aromatic nitrogens is 1. The van der Waals surface area contributed by atoms with Gasteiger partial charge in [0.1, 0.15) is 4.60 Å². The Hall–Kier alpha value is -0.990. The van der Waals surface area contributed by atoms with Crippen molar-refractivity contribution >= 4 is 31.9 Å². The van der Waals surface area contributed by atoms with Crippen LogP contribution in [0.3, 0.4) is 0 Å². The maximum absolute atomic E-state index is 12.1. The van der Waals surface area contributed by atoms with Gasteiger partial charge in [-0.3, -0.25) is 4.79 Å². The smallest absolute Gasteiger partial charge is 0.251 e. The van der Waals surface area contributed by atoms with Gasteiger partial charge < -0.3 is 5.32 Å². The lowest BCUT2D eigenvalue weighted by Crippen LogP contribution is -2.46. The highest BCUT2D eigenvalue weighted by Crippen LogP contribution is 2.15. The van der Waals surface area contributed by atoms with Crippen LogP contribution in [0.1, 0.15) is 30.1 Å². The Morgan fingerprint density at radius 1 is 1.48 bits per heavy atom. The van der Waals surface area contributed by atoms with Crippen LogP contribution in [0.4, 0.5) is 0 Å². The molecule has 1 amide bonds. The lowest BCUT2D eigenvalue weighted by atomic mass is 10.1. The first kappa shape index (κ1) is 16.4. The van der Waals surface area contributed by atoms with E-state index in [4.69, 9.17) is 0 Å². The second kappa shape index (κ2) is 6.85. The van der Waals surface area contributed by atoms with E-state index >= 15 is 0 Å². The van der Waals surface area contributed by atoms with Crippen LogP contribution in [-0.4, -0.2) is 48.5 Å². The van der Waals surface area contributed by atoms with Crippen LogP contribution in [0.2, 0.25) is 0 Å². The molecule has 1 aliphatic rings. The lowest BCUT2D eigenvalue weighted by molar-refractivity contribution is 0.0923. The van der Waals surface area contributed by atoms with Crippen molar-refractivity contribution < 1.29 is 13.2 Å². The van der Waals surface area contributed by atoms with Gasteiger partial charge in [0.05, 0.1) is 5.75 Å². The second-order valence-corrected chi connectivity index (χ2v) is 7.98. The van der Waals surface area contributed by atoms with Crippen molar-refractivity contribution in [1.29, 1.82) is 0 Å². The van der Waals surface area contributed by atoms with E-state index in [1.165, 1.54) is 4.31 Å². The highest BCUT2D eigenvalue weighted by atomic mass is 79.9. The molecule has 1 aromatic heterocycles. The molecule has 1 fully saturated rings. The Balaban J connectivity index is 1.91. The van der Waals surface area contributed by atoms with Crippen molar-refractivity contribution in [2.24, 2.45) is 0 Å². The zero-order valence-electron chi connectivity index (χ0n) is 11.8. The summed E-state index contributed by atoms with van der Waals surface area (Å²) in [7, 11) is -3.12. The van der Waals surface area contributed by atoms with Gasteiger partial charge in [-0.25, -0.2) is 17.7 Å². The van der Waals surface area contributed by atoms with E-state index in [1.807, 2.05) is 0 Å². The number of nitrogens with zero attached hydrogens (tertiary/aromatic N) is 2. The zero-order valence-corrected chi connectivity index (χ0v) is 14.2. The number of carbonyl (C=O) groups excluding carboxylic acids is 1. The van der Waals surface area contributed by atoms with E-state index in [0.717, 1.165) is 0 Å². The monoisotopic (exact) mass is 375 g/mol. The minimum Gasteiger partial charge on any atom is -0.349 e. The summed E-state index contributed by atoms with van der Waals surface area (Å²) >= 11 is 3.23. The molecular weight excluding hydrogens is 358 g/mol. The van der Waals surface area contributed by atoms with E-state index < -0.39 is 10.0 Å². The van der Waals surface area contributed by atoms with Crippen molar-refractivity contribution in [3.8, 4) is 0 Å². The van der Waals surface area contributed by atoms with Crippen molar-refractivity contribution in [2.45, 2.75) is 25.8 Å². The largest absolute Gasteiger partial charge is 0.349 e. The standard InChI is InChI=1S/C13H18BrN3O3S/c1-2-21(19,20)17-7-4-11(5-8-17)16-13(18)10-3-6-15-12(14)9-10/h3,6,9,11H,2,4-5,7-8H2,1H3,(H,16,18). The first-order valence-corrected chi connectivity index (χ1v) is 9.23. The Morgan fingerprint density at radius 3 is 2.71 bits per heavy atom. The number of carbonyl (C=O) groups is 1. The molecule has 0 unspecified atom stereocenters. The predicted octanol–water partition coefficient (Wildman–Crippen LogP) is 1.39. The molecule has 21 heavy (non-hydrogen) atoms. The van der Waals surface area contributed by atoms with Crippen molar-refractivity contribution in [1.82, 2.24) is 14.6 Å². The van der Waals surface area contributed by atoms with Crippen molar-refractivity contribution in [3.63, 3.8) is 0 Å². The number of hydrogen-bond acceptors (Lipinski definition) is 4. The quantitative estimate of drug-likeness (QED) is 0.806. The van der Waals surface area contributed by atoms with Gasteiger partial charge in [-0.2, -0.15) is 0 Å². The third-order valence-electron chi connectivity index (χ3n) is 3.54. The first-order chi connectivity index (χ1) is 9.92. The molecule has 0 atom stereocenters. The van der Waals surface area contributed by atoms with Crippen LogP contribution in [0.25, 0.3) is 0 Å². The highest BCUT2D eigenvalue weighted by Gasteiger charge is 2.27. The second-order valence-electron chi connectivity index (χ2n) is 4.91. The number of halogens is 1. The highest BCUT2D eigenvalue weighted by molar-refractivity contribution is 9.10. The maximum atomic E-state index is 12.1. The SMILES string of the molecule is CCS(=O)(=O)N1CCC(NC(=O)c2ccnc(Br)c2)CC1. The minimum absolute atomic E-state index is 0.00717. The number of pyridine rings is 1. The number of sulfonamides is 1. The van der Waals surface area contributed by atoms with E-state index in [1.54, 1.807) is 25.3 Å². The summed E-state index contributed by atoms with van der Waals surface area (Å²) < 4.78 is 25.6. The molecule has 0 radical (unpaired) electrons. The summed E-state index contributed by atoms with van der Waals surface area (Å²) in [6, 6.07) is 3.32. The number of amides is 1. The summed E-state index contributed by atoms with van der Waals surface area (Å²) in [6.07, 6.45) is 2.84. The average Bonchev–Trinajstić information content (AvgIpc) is 2.48. The Bertz CT molecular complexity index is 613. The van der Waals surface area contributed by atoms with Crippen molar-refractivity contribution in [3.05, 3.63) is 28.5 Å².